The lowest BCUT2D eigenvalue weighted by Crippen LogP contribution is -2.09. The lowest BCUT2D eigenvalue weighted by atomic mass is 9.90. The van der Waals surface area contributed by atoms with Crippen molar-refractivity contribution >= 4 is 11.9 Å². The zero-order valence-corrected chi connectivity index (χ0v) is 18.3. The Morgan fingerprint density at radius 2 is 1.20 bits per heavy atom. The molecule has 0 unspecified atom stereocenters. The fourth-order valence-electron chi connectivity index (χ4n) is 5.84. The molecule has 158 valence electrons. The summed E-state index contributed by atoms with van der Waals surface area (Å²) in [5, 5.41) is 0. The molecule has 0 aromatic heterocycles. The zero-order valence-electron chi connectivity index (χ0n) is 18.3. The van der Waals surface area contributed by atoms with Crippen LogP contribution in [0.2, 0.25) is 0 Å². The summed E-state index contributed by atoms with van der Waals surface area (Å²) >= 11 is 0. The van der Waals surface area contributed by atoms with E-state index in [4.69, 9.17) is 0 Å². The molecule has 0 fully saturated rings. The summed E-state index contributed by atoms with van der Waals surface area (Å²) < 4.78 is 0. The molecule has 4 aliphatic carbocycles. The lowest BCUT2D eigenvalue weighted by Gasteiger charge is -2.14. The Balaban J connectivity index is 0.000000141. The van der Waals surface area contributed by atoms with Crippen LogP contribution in [0.5, 0.6) is 0 Å². The first kappa shape index (κ1) is 21.1. The number of allylic oxidation sites excluding steroid dienone is 1. The van der Waals surface area contributed by atoms with Gasteiger partial charge in [0.05, 0.1) is 0 Å². The monoisotopic (exact) mass is 400 g/mol. The van der Waals surface area contributed by atoms with E-state index in [-0.39, 0.29) is 7.43 Å². The van der Waals surface area contributed by atoms with Crippen molar-refractivity contribution in [3.8, 4) is 0 Å². The standard InChI is InChI=1S/C14H16O.C14H16.CH4/c1-14(2)7-10-5-9-3-4-13(15)12(9)6-11(10)8-14;1-14(2)8-12-6-10-4-3-5-11(10)7-13(12)9-14;/h5-6H,3-4,7-8H2,1-2H3;3-4,6-7H,5,8-9H2,1-2H3;1H4. The van der Waals surface area contributed by atoms with E-state index in [0.717, 1.165) is 31.2 Å². The smallest absolute Gasteiger partial charge is 0.163 e. The number of aryl methyl sites for hydroxylation is 1. The van der Waals surface area contributed by atoms with Crippen LogP contribution in [-0.4, -0.2) is 5.78 Å². The quantitative estimate of drug-likeness (QED) is 0.467. The predicted molar refractivity (Wildman–Crippen MR) is 127 cm³/mol. The number of carbonyl (C=O) groups is 1. The van der Waals surface area contributed by atoms with E-state index < -0.39 is 0 Å². The number of ketones is 1. The molecule has 0 bridgehead atoms. The minimum absolute atomic E-state index is 0. The largest absolute Gasteiger partial charge is 0.294 e. The molecule has 2 aromatic carbocycles. The molecule has 0 radical (unpaired) electrons. The number of fused-ring (bicyclic) bond motifs is 4. The Bertz CT molecular complexity index is 1050. The molecule has 0 spiro atoms. The molecular formula is C29H36O. The maximum atomic E-state index is 11.6. The molecule has 0 heterocycles. The topological polar surface area (TPSA) is 17.1 Å². The van der Waals surface area contributed by atoms with E-state index in [1.54, 1.807) is 11.1 Å². The number of Topliss-reactive ketones (excluding diaryl/α,β-unsaturated/α-hetero) is 1. The van der Waals surface area contributed by atoms with Crippen LogP contribution in [0.3, 0.4) is 0 Å². The van der Waals surface area contributed by atoms with E-state index in [2.05, 4.69) is 64.1 Å². The highest BCUT2D eigenvalue weighted by Gasteiger charge is 2.31. The molecule has 1 nitrogen and oxygen atoms in total. The Morgan fingerprint density at radius 1 is 0.667 bits per heavy atom. The average Bonchev–Trinajstić information content (AvgIpc) is 3.34. The Morgan fingerprint density at radius 3 is 1.83 bits per heavy atom. The van der Waals surface area contributed by atoms with E-state index in [1.165, 1.54) is 47.1 Å². The molecule has 0 N–H and O–H groups in total. The van der Waals surface area contributed by atoms with Crippen molar-refractivity contribution in [2.45, 2.75) is 80.1 Å². The van der Waals surface area contributed by atoms with Gasteiger partial charge in [0.1, 0.15) is 0 Å². The maximum Gasteiger partial charge on any atom is 0.163 e. The Labute approximate surface area is 182 Å². The first-order valence-corrected chi connectivity index (χ1v) is 11.2. The van der Waals surface area contributed by atoms with Crippen LogP contribution in [0.25, 0.3) is 6.08 Å². The van der Waals surface area contributed by atoms with Crippen molar-refractivity contribution in [1.29, 1.82) is 0 Å². The summed E-state index contributed by atoms with van der Waals surface area (Å²) in [7, 11) is 0. The number of hydrogen-bond acceptors (Lipinski definition) is 1. The summed E-state index contributed by atoms with van der Waals surface area (Å²) in [6.45, 7) is 9.35. The zero-order chi connectivity index (χ0) is 20.4. The average molecular weight is 401 g/mol. The molecule has 0 saturated heterocycles. The van der Waals surface area contributed by atoms with Gasteiger partial charge < -0.3 is 0 Å². The Kier molecular flexibility index (Phi) is 5.08. The van der Waals surface area contributed by atoms with Gasteiger partial charge in [0.15, 0.2) is 5.78 Å². The van der Waals surface area contributed by atoms with Gasteiger partial charge in [0, 0.05) is 12.0 Å². The van der Waals surface area contributed by atoms with Crippen LogP contribution in [0, 0.1) is 10.8 Å². The molecular weight excluding hydrogens is 364 g/mol. The molecule has 0 saturated carbocycles. The Hall–Kier alpha value is -2.15. The SMILES string of the molecule is C.CC1(C)Cc2cc3c(cc2C1)C(=O)CC3.CC1(C)Cc2cc3c(cc2C1)CC=C3. The number of rotatable bonds is 0. The van der Waals surface area contributed by atoms with Gasteiger partial charge in [-0.25, -0.2) is 0 Å². The van der Waals surface area contributed by atoms with Crippen LogP contribution in [-0.2, 0) is 38.5 Å². The van der Waals surface area contributed by atoms with Crippen LogP contribution in [0.1, 0.15) is 90.8 Å². The fourth-order valence-corrected chi connectivity index (χ4v) is 5.84. The first-order valence-electron chi connectivity index (χ1n) is 11.2. The minimum atomic E-state index is 0. The summed E-state index contributed by atoms with van der Waals surface area (Å²) in [4.78, 5) is 11.6. The fraction of sp³-hybridized carbons (Fsp3) is 0.483. The van der Waals surface area contributed by atoms with Crippen LogP contribution >= 0.6 is 0 Å². The highest BCUT2D eigenvalue weighted by atomic mass is 16.1. The third-order valence-electron chi connectivity index (χ3n) is 7.12. The molecule has 1 heteroatoms. The second-order valence-corrected chi connectivity index (χ2v) is 11.2. The van der Waals surface area contributed by atoms with Crippen molar-refractivity contribution in [3.05, 3.63) is 74.8 Å². The van der Waals surface area contributed by atoms with Crippen molar-refractivity contribution < 1.29 is 4.79 Å². The molecule has 0 aliphatic heterocycles. The van der Waals surface area contributed by atoms with Gasteiger partial charge in [-0.15, -0.1) is 0 Å². The molecule has 0 atom stereocenters. The van der Waals surface area contributed by atoms with Gasteiger partial charge in [0.2, 0.25) is 0 Å². The summed E-state index contributed by atoms with van der Waals surface area (Å²) in [5.41, 5.74) is 12.2. The van der Waals surface area contributed by atoms with Crippen LogP contribution in [0.15, 0.2) is 30.3 Å². The van der Waals surface area contributed by atoms with E-state index in [0.29, 0.717) is 16.6 Å². The minimum Gasteiger partial charge on any atom is -0.294 e. The molecule has 0 amide bonds. The van der Waals surface area contributed by atoms with Crippen molar-refractivity contribution in [2.24, 2.45) is 10.8 Å². The normalized spacial score (nSPS) is 20.6. The van der Waals surface area contributed by atoms with Gasteiger partial charge >= 0.3 is 0 Å². The van der Waals surface area contributed by atoms with Crippen molar-refractivity contribution in [2.75, 3.05) is 0 Å². The van der Waals surface area contributed by atoms with Gasteiger partial charge in [-0.05, 0) is 94.4 Å². The molecule has 2 aromatic rings. The third-order valence-corrected chi connectivity index (χ3v) is 7.12. The lowest BCUT2D eigenvalue weighted by molar-refractivity contribution is 0.0994. The van der Waals surface area contributed by atoms with Gasteiger partial charge in [-0.1, -0.05) is 65.5 Å². The van der Waals surface area contributed by atoms with Gasteiger partial charge in [0.25, 0.3) is 0 Å². The number of hydrogen-bond donors (Lipinski definition) is 0. The van der Waals surface area contributed by atoms with Crippen molar-refractivity contribution in [1.82, 2.24) is 0 Å². The van der Waals surface area contributed by atoms with Crippen LogP contribution < -0.4 is 0 Å². The molecule has 4 aliphatic rings. The molecule has 30 heavy (non-hydrogen) atoms. The summed E-state index contributed by atoms with van der Waals surface area (Å²) in [6, 6.07) is 9.28. The predicted octanol–water partition coefficient (Wildman–Crippen LogP) is 6.96. The van der Waals surface area contributed by atoms with E-state index >= 15 is 0 Å². The molecule has 6 rings (SSSR count). The third kappa shape index (κ3) is 3.80. The highest BCUT2D eigenvalue weighted by Crippen LogP contribution is 2.40. The maximum absolute atomic E-state index is 11.6. The highest BCUT2D eigenvalue weighted by molar-refractivity contribution is 6.00. The van der Waals surface area contributed by atoms with Crippen LogP contribution in [0.4, 0.5) is 0 Å². The van der Waals surface area contributed by atoms with Gasteiger partial charge in [-0.2, -0.15) is 0 Å². The van der Waals surface area contributed by atoms with Crippen molar-refractivity contribution in [3.63, 3.8) is 0 Å². The summed E-state index contributed by atoms with van der Waals surface area (Å²) in [5.74, 6) is 0.345. The van der Waals surface area contributed by atoms with Gasteiger partial charge in [-0.3, -0.25) is 4.79 Å². The second kappa shape index (κ2) is 7.22. The number of carbonyl (C=O) groups excluding carboxylic acids is 1. The first-order chi connectivity index (χ1) is 13.7. The second-order valence-electron chi connectivity index (χ2n) is 11.2. The van der Waals surface area contributed by atoms with E-state index in [1.807, 2.05) is 0 Å². The number of benzene rings is 2. The van der Waals surface area contributed by atoms with E-state index in [9.17, 15) is 4.79 Å². The summed E-state index contributed by atoms with van der Waals surface area (Å²) in [6.07, 6.45) is 12.2.